The van der Waals surface area contributed by atoms with Gasteiger partial charge >= 0.3 is 24.4 Å². The summed E-state index contributed by atoms with van der Waals surface area (Å²) >= 11 is 0. The third kappa shape index (κ3) is 16.3. The minimum Gasteiger partial charge on any atom is -0.444 e. The zero-order chi connectivity index (χ0) is 44.8. The first-order chi connectivity index (χ1) is 26.9. The Kier molecular flexibility index (Phi) is 17.1. The Morgan fingerprint density at radius 2 is 1.07 bits per heavy atom. The summed E-state index contributed by atoms with van der Waals surface area (Å²) in [5, 5.41) is 55.2. The summed E-state index contributed by atoms with van der Waals surface area (Å²) in [7, 11) is 0. The first-order valence-electron chi connectivity index (χ1n) is 20.2. The van der Waals surface area contributed by atoms with E-state index < -0.39 is 133 Å². The molecule has 1 saturated carbocycles. The van der Waals surface area contributed by atoms with E-state index in [0.29, 0.717) is 6.42 Å². The fraction of sp³-hybridized carbons (Fsp3) is 0.897. The minimum atomic E-state index is -1.72. The summed E-state index contributed by atoms with van der Waals surface area (Å²) < 4.78 is 46.5. The summed E-state index contributed by atoms with van der Waals surface area (Å²) in [5.41, 5.74) is -3.37. The van der Waals surface area contributed by atoms with Gasteiger partial charge in [0.1, 0.15) is 52.9 Å². The van der Waals surface area contributed by atoms with Crippen LogP contribution in [0.5, 0.6) is 0 Å². The molecule has 0 aromatic rings. The Labute approximate surface area is 347 Å². The Balaban J connectivity index is 1.95. The van der Waals surface area contributed by atoms with Crippen molar-refractivity contribution in [2.24, 2.45) is 5.92 Å². The predicted molar refractivity (Wildman–Crippen MR) is 209 cm³/mol. The van der Waals surface area contributed by atoms with Crippen LogP contribution in [-0.4, -0.2) is 154 Å². The standard InChI is InChI=1S/C39H70N4O16/c1-19-16-22(42-34(50)58-38(8,9)10)29(27(47)28(19)54-31-26(46)24(25(45)23(18-44)53-31)43-35(51)59-39(11,12)13)55-30-21(41-33(49)57-37(5,6)7)15-14-20(52-30)17-40-32(48)56-36(2,3)4/h19-31,44-47H,14-18H2,1-13H3,(H,40,48)(H,41,49)(H,42,50)(H,43,51)/t19-,20?,21?,22+,23?,24+,25+,26?,27?,28-,29?,30+,31+/m1/s1. The Morgan fingerprint density at radius 3 is 1.58 bits per heavy atom. The molecule has 0 radical (unpaired) electrons. The van der Waals surface area contributed by atoms with Crippen molar-refractivity contribution in [3.05, 3.63) is 0 Å². The first kappa shape index (κ1) is 50.1. The number of carbonyl (C=O) groups excluding carboxylic acids is 4. The van der Waals surface area contributed by atoms with Crippen molar-refractivity contribution in [2.45, 2.75) is 205 Å². The molecule has 3 fully saturated rings. The van der Waals surface area contributed by atoms with Crippen LogP contribution in [0.15, 0.2) is 0 Å². The topological polar surface area (TPSA) is 271 Å². The lowest BCUT2D eigenvalue weighted by Gasteiger charge is -2.49. The lowest BCUT2D eigenvalue weighted by atomic mass is 9.80. The van der Waals surface area contributed by atoms with Gasteiger partial charge in [-0.2, -0.15) is 0 Å². The van der Waals surface area contributed by atoms with Crippen molar-refractivity contribution in [2.75, 3.05) is 13.2 Å². The molecule has 20 heteroatoms. The molecule has 0 aromatic carbocycles. The zero-order valence-corrected chi connectivity index (χ0v) is 36.7. The Hall–Kier alpha value is -3.24. The largest absolute Gasteiger partial charge is 0.444 e. The fourth-order valence-corrected chi connectivity index (χ4v) is 6.79. The van der Waals surface area contributed by atoms with Crippen LogP contribution < -0.4 is 21.3 Å². The third-order valence-electron chi connectivity index (χ3n) is 9.14. The molecule has 13 atom stereocenters. The fourth-order valence-electron chi connectivity index (χ4n) is 6.79. The van der Waals surface area contributed by atoms with Crippen molar-refractivity contribution < 1.29 is 77.5 Å². The number of aliphatic hydroxyl groups is 4. The van der Waals surface area contributed by atoms with E-state index in [1.54, 1.807) is 90.0 Å². The third-order valence-corrected chi connectivity index (χ3v) is 9.14. The smallest absolute Gasteiger partial charge is 0.408 e. The van der Waals surface area contributed by atoms with Gasteiger partial charge in [0, 0.05) is 6.54 Å². The normalized spacial score (nSPS) is 33.2. The maximum atomic E-state index is 13.2. The van der Waals surface area contributed by atoms with Crippen LogP contribution in [0.3, 0.4) is 0 Å². The van der Waals surface area contributed by atoms with Gasteiger partial charge < -0.3 is 79.6 Å². The molecule has 0 bridgehead atoms. The molecule has 20 nitrogen and oxygen atoms in total. The van der Waals surface area contributed by atoms with Crippen molar-refractivity contribution in [1.82, 2.24) is 21.3 Å². The van der Waals surface area contributed by atoms with Crippen LogP contribution in [-0.2, 0) is 37.9 Å². The predicted octanol–water partition coefficient (Wildman–Crippen LogP) is 2.31. The average molecular weight is 851 g/mol. The highest BCUT2D eigenvalue weighted by atomic mass is 16.7. The Morgan fingerprint density at radius 1 is 0.593 bits per heavy atom. The summed E-state index contributed by atoms with van der Waals surface area (Å²) in [6.45, 7) is 21.3. The average Bonchev–Trinajstić information content (AvgIpc) is 3.04. The van der Waals surface area contributed by atoms with Crippen molar-refractivity contribution in [1.29, 1.82) is 0 Å². The monoisotopic (exact) mass is 850 g/mol. The minimum absolute atomic E-state index is 0.0107. The molecule has 2 heterocycles. The van der Waals surface area contributed by atoms with Gasteiger partial charge in [-0.25, -0.2) is 19.2 Å². The van der Waals surface area contributed by atoms with E-state index in [1.165, 1.54) is 0 Å². The summed E-state index contributed by atoms with van der Waals surface area (Å²) in [5.74, 6) is -0.578. The highest BCUT2D eigenvalue weighted by Gasteiger charge is 2.52. The number of aliphatic hydroxyl groups excluding tert-OH is 4. The molecule has 4 amide bonds. The van der Waals surface area contributed by atoms with E-state index in [2.05, 4.69) is 21.3 Å². The molecular formula is C39H70N4O16. The number of carbonyl (C=O) groups is 4. The second-order valence-electron chi connectivity index (χ2n) is 19.4. The molecule has 59 heavy (non-hydrogen) atoms. The van der Waals surface area contributed by atoms with E-state index in [9.17, 15) is 39.6 Å². The number of hydrogen-bond acceptors (Lipinski definition) is 16. The van der Waals surface area contributed by atoms with Crippen LogP contribution in [0.25, 0.3) is 0 Å². The van der Waals surface area contributed by atoms with Crippen molar-refractivity contribution in [3.63, 3.8) is 0 Å². The number of hydrogen-bond donors (Lipinski definition) is 8. The summed E-state index contributed by atoms with van der Waals surface area (Å²) in [6.07, 6.45) is -14.7. The molecule has 2 saturated heterocycles. The highest BCUT2D eigenvalue weighted by Crippen LogP contribution is 2.35. The van der Waals surface area contributed by atoms with Crippen LogP contribution in [0.4, 0.5) is 19.2 Å². The molecule has 8 N–H and O–H groups in total. The Bertz CT molecular complexity index is 1410. The maximum absolute atomic E-state index is 13.2. The van der Waals surface area contributed by atoms with Crippen molar-refractivity contribution >= 4 is 24.4 Å². The van der Waals surface area contributed by atoms with Crippen LogP contribution in [0.2, 0.25) is 0 Å². The van der Waals surface area contributed by atoms with Crippen LogP contribution >= 0.6 is 0 Å². The number of amides is 4. The quantitative estimate of drug-likeness (QED) is 0.147. The SMILES string of the molecule is C[C@@H]1C[C@H](NC(=O)OC(C)(C)C)C(O[C@@H]2OC(CNC(=O)OC(C)(C)C)CCC2NC(=O)OC(C)(C)C)C(O)[C@@H]1O[C@@H]1OC(CO)[C@H](O)[C@H](NC(=O)OC(C)(C)C)C1O. The number of alkyl carbamates (subject to hydrolysis) is 4. The molecule has 6 unspecified atom stereocenters. The van der Waals surface area contributed by atoms with Crippen molar-refractivity contribution in [3.8, 4) is 0 Å². The molecule has 1 aliphatic carbocycles. The summed E-state index contributed by atoms with van der Waals surface area (Å²) in [6, 6.07) is -3.20. The van der Waals surface area contributed by atoms with E-state index in [0.717, 1.165) is 0 Å². The number of ether oxygens (including phenoxy) is 8. The van der Waals surface area contributed by atoms with Crippen LogP contribution in [0, 0.1) is 5.92 Å². The molecular weight excluding hydrogens is 780 g/mol. The number of rotatable bonds is 10. The van der Waals surface area contributed by atoms with Gasteiger partial charge in [-0.1, -0.05) is 6.92 Å². The van der Waals surface area contributed by atoms with Crippen LogP contribution in [0.1, 0.15) is 109 Å². The molecule has 2 aliphatic heterocycles. The van der Waals surface area contributed by atoms with E-state index >= 15 is 0 Å². The molecule has 0 aromatic heterocycles. The molecule has 0 spiro atoms. The molecule has 342 valence electrons. The van der Waals surface area contributed by atoms with Gasteiger partial charge in [0.05, 0.1) is 36.9 Å². The lowest BCUT2D eigenvalue weighted by molar-refractivity contribution is -0.319. The lowest BCUT2D eigenvalue weighted by Crippen LogP contribution is -2.67. The molecule has 3 rings (SSSR count). The van der Waals surface area contributed by atoms with Gasteiger partial charge in [-0.3, -0.25) is 0 Å². The number of nitrogens with one attached hydrogen (secondary N) is 4. The second kappa shape index (κ2) is 20.1. The van der Waals surface area contributed by atoms with E-state index in [-0.39, 0.29) is 19.4 Å². The first-order valence-corrected chi connectivity index (χ1v) is 20.2. The van der Waals surface area contributed by atoms with E-state index in [4.69, 9.17) is 37.9 Å². The highest BCUT2D eigenvalue weighted by molar-refractivity contribution is 5.69. The van der Waals surface area contributed by atoms with Gasteiger partial charge in [0.15, 0.2) is 12.6 Å². The van der Waals surface area contributed by atoms with E-state index in [1.807, 2.05) is 0 Å². The van der Waals surface area contributed by atoms with Gasteiger partial charge in [0.2, 0.25) is 0 Å². The maximum Gasteiger partial charge on any atom is 0.408 e. The second-order valence-corrected chi connectivity index (χ2v) is 19.4. The molecule has 3 aliphatic rings. The summed E-state index contributed by atoms with van der Waals surface area (Å²) in [4.78, 5) is 51.4. The van der Waals surface area contributed by atoms with Gasteiger partial charge in [0.25, 0.3) is 0 Å². The zero-order valence-electron chi connectivity index (χ0n) is 36.7. The van der Waals surface area contributed by atoms with Gasteiger partial charge in [-0.05, 0) is 108 Å². The van der Waals surface area contributed by atoms with Gasteiger partial charge in [-0.15, -0.1) is 0 Å².